The predicted molar refractivity (Wildman–Crippen MR) is 67.0 cm³/mol. The molecule has 0 spiro atoms. The van der Waals surface area contributed by atoms with E-state index in [0.717, 1.165) is 12.8 Å². The van der Waals surface area contributed by atoms with Crippen LogP contribution < -0.4 is 5.32 Å². The second kappa shape index (κ2) is 8.19. The van der Waals surface area contributed by atoms with Crippen molar-refractivity contribution in [3.8, 4) is 0 Å². The highest BCUT2D eigenvalue weighted by Gasteiger charge is 2.23. The van der Waals surface area contributed by atoms with E-state index in [1.165, 1.54) is 0 Å². The van der Waals surface area contributed by atoms with Crippen LogP contribution in [0.1, 0.15) is 25.7 Å². The lowest BCUT2D eigenvalue weighted by atomic mass is 10.1. The van der Waals surface area contributed by atoms with Crippen LogP contribution in [0.3, 0.4) is 0 Å². The van der Waals surface area contributed by atoms with E-state index in [1.54, 1.807) is 0 Å². The smallest absolute Gasteiger partial charge is 0.326 e. The van der Waals surface area contributed by atoms with Crippen LogP contribution in [0, 0.1) is 5.92 Å². The number of nitrogens with one attached hydrogen (secondary N) is 1. The minimum Gasteiger partial charge on any atom is -0.480 e. The molecule has 1 atom stereocenters. The summed E-state index contributed by atoms with van der Waals surface area (Å²) in [6.07, 6.45) is 2.69. The second-order valence-electron chi connectivity index (χ2n) is 4.67. The number of nitrogens with zero attached hydrogens (tertiary/aromatic N) is 2. The van der Waals surface area contributed by atoms with Gasteiger partial charge in [0.2, 0.25) is 11.7 Å². The summed E-state index contributed by atoms with van der Waals surface area (Å²) in [6, 6.07) is -1.16. The number of hydrogen-bond acceptors (Lipinski definition) is 4. The summed E-state index contributed by atoms with van der Waals surface area (Å²) in [6.45, 7) is 0.322. The number of ether oxygens (including phenoxy) is 1. The Labute approximate surface area is 115 Å². The quantitative estimate of drug-likeness (QED) is 0.321. The maximum atomic E-state index is 11.5. The third-order valence-electron chi connectivity index (χ3n) is 2.80. The summed E-state index contributed by atoms with van der Waals surface area (Å²) in [5.41, 5.74) is 8.15. The molecule has 0 aromatic heterocycles. The Morgan fingerprint density at radius 3 is 2.70 bits per heavy atom. The Kier molecular flexibility index (Phi) is 6.55. The van der Waals surface area contributed by atoms with Gasteiger partial charge in [-0.15, -0.1) is 0 Å². The first-order valence-corrected chi connectivity index (χ1v) is 6.33. The minimum atomic E-state index is -1.23. The van der Waals surface area contributed by atoms with Crippen LogP contribution in [0.5, 0.6) is 0 Å². The van der Waals surface area contributed by atoms with E-state index in [-0.39, 0.29) is 19.4 Å². The van der Waals surface area contributed by atoms with Crippen molar-refractivity contribution in [3.63, 3.8) is 0 Å². The molecule has 110 valence electrons. The van der Waals surface area contributed by atoms with Gasteiger partial charge < -0.3 is 20.7 Å². The fraction of sp³-hybridized carbons (Fsp3) is 0.667. The van der Waals surface area contributed by atoms with Crippen molar-refractivity contribution in [2.45, 2.75) is 31.7 Å². The number of rotatable bonds is 10. The number of amides is 1. The molecular weight excluding hydrogens is 266 g/mol. The molecule has 8 heteroatoms. The summed E-state index contributed by atoms with van der Waals surface area (Å²) in [5.74, 6) is -1.75. The zero-order valence-electron chi connectivity index (χ0n) is 10.9. The van der Waals surface area contributed by atoms with Crippen molar-refractivity contribution in [1.29, 1.82) is 0 Å². The van der Waals surface area contributed by atoms with Crippen molar-refractivity contribution < 1.29 is 29.0 Å². The Balaban J connectivity index is 2.28. The van der Waals surface area contributed by atoms with E-state index < -0.39 is 23.7 Å². The molecule has 1 amide bonds. The van der Waals surface area contributed by atoms with E-state index in [1.807, 2.05) is 0 Å². The molecule has 2 N–H and O–H groups in total. The molecule has 0 aliphatic heterocycles. The normalized spacial score (nSPS) is 15.0. The van der Waals surface area contributed by atoms with Crippen LogP contribution >= 0.6 is 0 Å². The van der Waals surface area contributed by atoms with Crippen molar-refractivity contribution in [1.82, 2.24) is 5.32 Å². The number of Topliss-reactive ketones (excluding diaryl/α,β-unsaturated/α-hetero) is 1. The molecule has 0 aromatic carbocycles. The lowest BCUT2D eigenvalue weighted by Gasteiger charge is -2.13. The number of hydrogen-bond donors (Lipinski definition) is 2. The first-order chi connectivity index (χ1) is 9.52. The third kappa shape index (κ3) is 6.77. The molecule has 0 saturated heterocycles. The van der Waals surface area contributed by atoms with E-state index in [2.05, 4.69) is 10.1 Å². The average molecular weight is 283 g/mol. The van der Waals surface area contributed by atoms with Gasteiger partial charge in [0.15, 0.2) is 0 Å². The Hall–Kier alpha value is -2.05. The maximum Gasteiger partial charge on any atom is 0.326 e. The summed E-state index contributed by atoms with van der Waals surface area (Å²) < 4.78 is 5.14. The lowest BCUT2D eigenvalue weighted by molar-refractivity contribution is -0.142. The molecule has 1 fully saturated rings. The lowest BCUT2D eigenvalue weighted by Crippen LogP contribution is -2.42. The molecule has 8 nitrogen and oxygen atoms in total. The van der Waals surface area contributed by atoms with Gasteiger partial charge in [-0.05, 0) is 25.2 Å². The van der Waals surface area contributed by atoms with Gasteiger partial charge >= 0.3 is 12.2 Å². The summed E-state index contributed by atoms with van der Waals surface area (Å²) in [5, 5.41) is 11.2. The van der Waals surface area contributed by atoms with Crippen LogP contribution in [0.2, 0.25) is 0 Å². The highest BCUT2D eigenvalue weighted by molar-refractivity contribution is 6.25. The highest BCUT2D eigenvalue weighted by Crippen LogP contribution is 2.28. The van der Waals surface area contributed by atoms with Crippen LogP contribution in [0.15, 0.2) is 0 Å². The zero-order valence-corrected chi connectivity index (χ0v) is 10.9. The summed E-state index contributed by atoms with van der Waals surface area (Å²) in [7, 11) is 0. The van der Waals surface area contributed by atoms with E-state index in [4.69, 9.17) is 15.4 Å². The van der Waals surface area contributed by atoms with Crippen molar-refractivity contribution >= 4 is 23.9 Å². The number of carbonyl (C=O) groups is 3. The van der Waals surface area contributed by atoms with E-state index in [0.29, 0.717) is 18.7 Å². The van der Waals surface area contributed by atoms with E-state index in [9.17, 15) is 14.4 Å². The van der Waals surface area contributed by atoms with Gasteiger partial charge in [0.05, 0.1) is 6.61 Å². The Morgan fingerprint density at radius 1 is 1.45 bits per heavy atom. The van der Waals surface area contributed by atoms with Crippen LogP contribution in [0.4, 0.5) is 0 Å². The Morgan fingerprint density at radius 2 is 2.15 bits per heavy atom. The fourth-order valence-electron chi connectivity index (χ4n) is 1.51. The van der Waals surface area contributed by atoms with Gasteiger partial charge in [-0.25, -0.2) is 4.79 Å². The first kappa shape index (κ1) is 16.0. The standard InChI is InChI=1S/C12H17N3O5/c13-14-5-9(16)3-4-10(12(18)19)15-11(17)7-20-6-8-1-2-8/h5,8,10H,1-4,6-7H2,(H,15,17)(H,18,19). The topological polar surface area (TPSA) is 129 Å². The summed E-state index contributed by atoms with van der Waals surface area (Å²) in [4.78, 5) is 36.1. The SMILES string of the molecule is [N-]=[N+]=CC(=O)CCC(NC(=O)COCC1CC1)C(=O)O. The maximum absolute atomic E-state index is 11.5. The van der Waals surface area contributed by atoms with Crippen LogP contribution in [-0.4, -0.2) is 53.0 Å². The van der Waals surface area contributed by atoms with Crippen molar-refractivity contribution in [2.24, 2.45) is 5.92 Å². The Bertz CT molecular complexity index is 427. The summed E-state index contributed by atoms with van der Waals surface area (Å²) >= 11 is 0. The average Bonchev–Trinajstić information content (AvgIpc) is 3.18. The fourth-order valence-corrected chi connectivity index (χ4v) is 1.51. The van der Waals surface area contributed by atoms with Crippen LogP contribution in [0.25, 0.3) is 5.53 Å². The molecule has 1 rings (SSSR count). The highest BCUT2D eigenvalue weighted by atomic mass is 16.5. The van der Waals surface area contributed by atoms with Crippen LogP contribution in [-0.2, 0) is 19.1 Å². The molecule has 0 aromatic rings. The molecule has 0 radical (unpaired) electrons. The number of aliphatic carboxylic acids is 1. The number of ketones is 1. The monoisotopic (exact) mass is 283 g/mol. The van der Waals surface area contributed by atoms with Crippen molar-refractivity contribution in [3.05, 3.63) is 5.53 Å². The number of carboxylic acids is 1. The molecule has 1 unspecified atom stereocenters. The number of carbonyl (C=O) groups excluding carboxylic acids is 2. The third-order valence-corrected chi connectivity index (χ3v) is 2.80. The van der Waals surface area contributed by atoms with E-state index >= 15 is 0 Å². The van der Waals surface area contributed by atoms with Crippen molar-refractivity contribution in [2.75, 3.05) is 13.2 Å². The van der Waals surface area contributed by atoms with Gasteiger partial charge in [-0.2, -0.15) is 4.79 Å². The van der Waals surface area contributed by atoms with Gasteiger partial charge in [0.1, 0.15) is 12.6 Å². The molecule has 0 heterocycles. The second-order valence-corrected chi connectivity index (χ2v) is 4.67. The number of carboxylic acid groups (broad SMARTS) is 1. The zero-order chi connectivity index (χ0) is 15.0. The molecule has 1 saturated carbocycles. The predicted octanol–water partition coefficient (Wildman–Crippen LogP) is -0.368. The molecular formula is C12H17N3O5. The molecule has 0 bridgehead atoms. The molecule has 20 heavy (non-hydrogen) atoms. The van der Waals surface area contributed by atoms with Gasteiger partial charge in [0, 0.05) is 6.42 Å². The minimum absolute atomic E-state index is 0.0748. The van der Waals surface area contributed by atoms with Gasteiger partial charge in [-0.3, -0.25) is 9.59 Å². The largest absolute Gasteiger partial charge is 0.480 e. The molecule has 1 aliphatic carbocycles. The van der Waals surface area contributed by atoms with Gasteiger partial charge in [-0.1, -0.05) is 0 Å². The molecule has 1 aliphatic rings. The first-order valence-electron chi connectivity index (χ1n) is 6.33. The van der Waals surface area contributed by atoms with Gasteiger partial charge in [0.25, 0.3) is 0 Å².